The van der Waals surface area contributed by atoms with Crippen molar-refractivity contribution in [3.8, 4) is 0 Å². The van der Waals surface area contributed by atoms with Gasteiger partial charge in [-0.25, -0.2) is 0 Å². The van der Waals surface area contributed by atoms with Gasteiger partial charge in [0.2, 0.25) is 0 Å². The van der Waals surface area contributed by atoms with Gasteiger partial charge >= 0.3 is 41.5 Å². The number of allylic oxidation sites excluding steroid dienone is 1. The molecule has 6 heteroatoms. The molecule has 0 radical (unpaired) electrons. The Labute approximate surface area is 207 Å². The number of nitrogens with zero attached hydrogens (tertiary/aromatic N) is 1. The third-order valence-electron chi connectivity index (χ3n) is 4.88. The normalized spacial score (nSPS) is 10.9. The van der Waals surface area contributed by atoms with Crippen LogP contribution in [0.2, 0.25) is 0 Å². The van der Waals surface area contributed by atoms with Crippen molar-refractivity contribution in [1.29, 1.82) is 0 Å². The van der Waals surface area contributed by atoms with Crippen LogP contribution in [0.3, 0.4) is 0 Å². The Hall–Kier alpha value is -0.360. The molecular formula is C24H46NNaO4. The van der Waals surface area contributed by atoms with E-state index in [0.717, 1.165) is 18.1 Å². The van der Waals surface area contributed by atoms with Gasteiger partial charge in [0.25, 0.3) is 0 Å². The van der Waals surface area contributed by atoms with Gasteiger partial charge in [-0.2, -0.15) is 0 Å². The minimum atomic E-state index is -0.418. The van der Waals surface area contributed by atoms with Gasteiger partial charge in [-0.3, -0.25) is 9.59 Å². The molecule has 0 unspecified atom stereocenters. The summed E-state index contributed by atoms with van der Waals surface area (Å²) in [5.74, 6) is -0.836. The molecule has 0 aromatic heterocycles. The van der Waals surface area contributed by atoms with Gasteiger partial charge in [0.15, 0.2) is 0 Å². The SMILES string of the molecule is CCCCCCCCCCCCCCCC=CCN(OC(=O)CC)OC(=O)CC.[NaH]. The Morgan fingerprint density at radius 2 is 1.03 bits per heavy atom. The number of carbonyl (C=O) groups excluding carboxylic acids is 2. The first kappa shape index (κ1) is 31.8. The molecule has 0 aromatic rings. The Balaban J connectivity index is 0. The zero-order chi connectivity index (χ0) is 21.6. The molecule has 30 heavy (non-hydrogen) atoms. The number of hydrogen-bond donors (Lipinski definition) is 0. The van der Waals surface area contributed by atoms with Crippen molar-refractivity contribution in [2.24, 2.45) is 0 Å². The van der Waals surface area contributed by atoms with Crippen LogP contribution >= 0.6 is 0 Å². The molecule has 0 atom stereocenters. The van der Waals surface area contributed by atoms with Gasteiger partial charge in [-0.15, -0.1) is 0 Å². The second-order valence-corrected chi connectivity index (χ2v) is 7.65. The molecule has 0 saturated heterocycles. The average Bonchev–Trinajstić information content (AvgIpc) is 2.72. The Morgan fingerprint density at radius 3 is 1.43 bits per heavy atom. The van der Waals surface area contributed by atoms with E-state index in [1.807, 2.05) is 6.08 Å². The summed E-state index contributed by atoms with van der Waals surface area (Å²) in [6.07, 6.45) is 23.0. The summed E-state index contributed by atoms with van der Waals surface area (Å²) in [7, 11) is 0. The van der Waals surface area contributed by atoms with E-state index < -0.39 is 11.9 Å². The van der Waals surface area contributed by atoms with Gasteiger partial charge in [0, 0.05) is 18.1 Å². The van der Waals surface area contributed by atoms with Crippen LogP contribution in [0.15, 0.2) is 12.2 Å². The van der Waals surface area contributed by atoms with Crippen molar-refractivity contribution >= 4 is 41.5 Å². The summed E-state index contributed by atoms with van der Waals surface area (Å²) in [4.78, 5) is 32.8. The third kappa shape index (κ3) is 22.3. The van der Waals surface area contributed by atoms with Crippen molar-refractivity contribution in [3.05, 3.63) is 12.2 Å². The van der Waals surface area contributed by atoms with E-state index in [9.17, 15) is 9.59 Å². The minimum absolute atomic E-state index is 0. The summed E-state index contributed by atoms with van der Waals surface area (Å²) < 4.78 is 0. The first-order chi connectivity index (χ1) is 14.1. The molecule has 0 aliphatic carbocycles. The maximum atomic E-state index is 11.4. The molecule has 0 aliphatic heterocycles. The fraction of sp³-hybridized carbons (Fsp3) is 0.833. The van der Waals surface area contributed by atoms with E-state index in [4.69, 9.17) is 9.68 Å². The zero-order valence-electron chi connectivity index (χ0n) is 19.3. The molecule has 0 amide bonds. The molecule has 0 N–H and O–H groups in total. The van der Waals surface area contributed by atoms with E-state index in [1.54, 1.807) is 13.8 Å². The molecule has 0 aliphatic rings. The number of unbranched alkanes of at least 4 members (excludes halogenated alkanes) is 13. The van der Waals surface area contributed by atoms with Crippen LogP contribution in [0, 0.1) is 0 Å². The fourth-order valence-corrected chi connectivity index (χ4v) is 3.01. The van der Waals surface area contributed by atoms with Crippen molar-refractivity contribution in [1.82, 2.24) is 5.23 Å². The number of hydrogen-bond acceptors (Lipinski definition) is 5. The van der Waals surface area contributed by atoms with Gasteiger partial charge in [-0.1, -0.05) is 110 Å². The molecule has 0 heterocycles. The van der Waals surface area contributed by atoms with Crippen LogP contribution in [-0.4, -0.2) is 53.3 Å². The van der Waals surface area contributed by atoms with Gasteiger partial charge < -0.3 is 9.68 Å². The maximum absolute atomic E-state index is 11.4. The molecule has 172 valence electrons. The van der Waals surface area contributed by atoms with Crippen LogP contribution in [0.4, 0.5) is 0 Å². The van der Waals surface area contributed by atoms with Crippen molar-refractivity contribution < 1.29 is 19.3 Å². The number of rotatable bonds is 20. The molecular weight excluding hydrogens is 389 g/mol. The van der Waals surface area contributed by atoms with Crippen LogP contribution in [-0.2, 0) is 19.3 Å². The standard InChI is InChI=1S/C24H45NO4.Na.H/c1-4-7-8-9-10-11-12-13-14-15-16-17-18-19-20-21-22-25(28-23(26)5-2)29-24(27)6-3;;/h20-21H,4-19,22H2,1-3H3;;. The van der Waals surface area contributed by atoms with E-state index >= 15 is 0 Å². The zero-order valence-corrected chi connectivity index (χ0v) is 19.3. The van der Waals surface area contributed by atoms with Crippen LogP contribution < -0.4 is 0 Å². The Kier molecular flexibility index (Phi) is 26.4. The molecule has 0 bridgehead atoms. The molecule has 0 rings (SSSR count). The van der Waals surface area contributed by atoms with Crippen molar-refractivity contribution in [2.45, 2.75) is 124 Å². The van der Waals surface area contributed by atoms with E-state index in [1.165, 1.54) is 77.0 Å². The fourth-order valence-electron chi connectivity index (χ4n) is 3.01. The molecule has 5 nitrogen and oxygen atoms in total. The first-order valence-electron chi connectivity index (χ1n) is 12.0. The topological polar surface area (TPSA) is 55.8 Å². The van der Waals surface area contributed by atoms with Crippen LogP contribution in [0.25, 0.3) is 0 Å². The van der Waals surface area contributed by atoms with Gasteiger partial charge in [0.05, 0.1) is 6.54 Å². The van der Waals surface area contributed by atoms with Crippen LogP contribution in [0.1, 0.15) is 124 Å². The molecule has 0 saturated carbocycles. The predicted molar refractivity (Wildman–Crippen MR) is 126 cm³/mol. The van der Waals surface area contributed by atoms with Crippen molar-refractivity contribution in [2.75, 3.05) is 6.54 Å². The van der Waals surface area contributed by atoms with E-state index in [0.29, 0.717) is 0 Å². The van der Waals surface area contributed by atoms with Crippen molar-refractivity contribution in [3.63, 3.8) is 0 Å². The van der Waals surface area contributed by atoms with Gasteiger partial charge in [0.1, 0.15) is 0 Å². The third-order valence-corrected chi connectivity index (χ3v) is 4.88. The monoisotopic (exact) mass is 435 g/mol. The summed E-state index contributed by atoms with van der Waals surface area (Å²) in [6.45, 7) is 5.93. The van der Waals surface area contributed by atoms with E-state index in [-0.39, 0.29) is 48.9 Å². The first-order valence-corrected chi connectivity index (χ1v) is 12.0. The second-order valence-electron chi connectivity index (χ2n) is 7.65. The second kappa shape index (κ2) is 24.9. The summed E-state index contributed by atoms with van der Waals surface area (Å²) >= 11 is 0. The predicted octanol–water partition coefficient (Wildman–Crippen LogP) is 6.41. The molecule has 0 aromatic carbocycles. The van der Waals surface area contributed by atoms with Gasteiger partial charge in [-0.05, 0) is 12.8 Å². The molecule has 0 spiro atoms. The Bertz CT molecular complexity index is 411. The summed E-state index contributed by atoms with van der Waals surface area (Å²) in [6, 6.07) is 0. The average molecular weight is 436 g/mol. The number of carbonyl (C=O) groups is 2. The molecule has 0 fully saturated rings. The van der Waals surface area contributed by atoms with E-state index in [2.05, 4.69) is 13.0 Å². The quantitative estimate of drug-likeness (QED) is 0.0956. The summed E-state index contributed by atoms with van der Waals surface area (Å²) in [5, 5.41) is 0.970. The Morgan fingerprint density at radius 1 is 0.633 bits per heavy atom. The summed E-state index contributed by atoms with van der Waals surface area (Å²) in [5.41, 5.74) is 0. The number of hydroxylamine groups is 2. The van der Waals surface area contributed by atoms with Crippen LogP contribution in [0.5, 0.6) is 0 Å².